The van der Waals surface area contributed by atoms with Crippen molar-refractivity contribution in [3.05, 3.63) is 0 Å². The average Bonchev–Trinajstić information content (AvgIpc) is 2.72. The quantitative estimate of drug-likeness (QED) is 0.332. The topological polar surface area (TPSA) is 0 Å². The first-order valence-electron chi connectivity index (χ1n) is 12.8. The van der Waals surface area contributed by atoms with E-state index in [0.717, 1.165) is 35.5 Å². The van der Waals surface area contributed by atoms with E-state index in [1.54, 1.807) is 0 Å². The molecule has 0 aliphatic heterocycles. The van der Waals surface area contributed by atoms with E-state index in [4.69, 9.17) is 0 Å². The Morgan fingerprint density at radius 3 is 2.11 bits per heavy atom. The van der Waals surface area contributed by atoms with E-state index in [2.05, 4.69) is 55.4 Å². The van der Waals surface area contributed by atoms with E-state index in [9.17, 15) is 0 Å². The third-order valence-corrected chi connectivity index (χ3v) is 8.68. The standard InChI is InChI=1S/C27H54/c1-9-21(5)16-13-14-19-27(7,8)26-20-24(11-3)25(12-4)23(10-2)18-15-17-22(26)6/h21-26H,9-20H2,1-8H3. The van der Waals surface area contributed by atoms with Crippen LogP contribution in [-0.2, 0) is 0 Å². The van der Waals surface area contributed by atoms with Crippen LogP contribution in [0.25, 0.3) is 0 Å². The minimum Gasteiger partial charge on any atom is -0.0651 e. The summed E-state index contributed by atoms with van der Waals surface area (Å²) in [5.41, 5.74) is 0.507. The van der Waals surface area contributed by atoms with Gasteiger partial charge in [-0.05, 0) is 53.8 Å². The van der Waals surface area contributed by atoms with Crippen molar-refractivity contribution in [2.24, 2.45) is 40.9 Å². The normalized spacial score (nSPS) is 31.8. The Bertz CT molecular complexity index is 368. The predicted molar refractivity (Wildman–Crippen MR) is 124 cm³/mol. The maximum atomic E-state index is 2.61. The molecule has 0 aromatic rings. The first-order chi connectivity index (χ1) is 12.8. The highest BCUT2D eigenvalue weighted by molar-refractivity contribution is 4.88. The Kier molecular flexibility index (Phi) is 11.6. The van der Waals surface area contributed by atoms with Crippen molar-refractivity contribution in [2.45, 2.75) is 132 Å². The fourth-order valence-electron chi connectivity index (χ4n) is 6.43. The third-order valence-electron chi connectivity index (χ3n) is 8.68. The SMILES string of the molecule is CCC(C)CCCCC(C)(C)C1CC(CC)C(CC)C(CC)CCCC1C. The molecule has 0 heterocycles. The molecular weight excluding hydrogens is 324 g/mol. The Balaban J connectivity index is 2.84. The highest BCUT2D eigenvalue weighted by Crippen LogP contribution is 2.48. The van der Waals surface area contributed by atoms with E-state index < -0.39 is 0 Å². The molecule has 1 saturated carbocycles. The van der Waals surface area contributed by atoms with Crippen molar-refractivity contribution < 1.29 is 0 Å². The highest BCUT2D eigenvalue weighted by atomic mass is 14.4. The molecule has 6 unspecified atom stereocenters. The molecule has 0 aromatic heterocycles. The zero-order valence-electron chi connectivity index (χ0n) is 20.4. The Morgan fingerprint density at radius 2 is 1.56 bits per heavy atom. The summed E-state index contributed by atoms with van der Waals surface area (Å²) in [6.45, 7) is 20.0. The summed E-state index contributed by atoms with van der Waals surface area (Å²) in [5.74, 6) is 5.62. The average molecular weight is 379 g/mol. The molecule has 1 aliphatic carbocycles. The fourth-order valence-corrected chi connectivity index (χ4v) is 6.43. The molecule has 162 valence electrons. The maximum absolute atomic E-state index is 2.61. The molecule has 0 N–H and O–H groups in total. The molecule has 0 amide bonds. The summed E-state index contributed by atoms with van der Waals surface area (Å²) < 4.78 is 0. The minimum absolute atomic E-state index is 0.507. The van der Waals surface area contributed by atoms with Crippen LogP contribution in [0.2, 0.25) is 0 Å². The highest BCUT2D eigenvalue weighted by Gasteiger charge is 2.38. The van der Waals surface area contributed by atoms with Gasteiger partial charge in [0, 0.05) is 0 Å². The number of rotatable bonds is 10. The zero-order valence-corrected chi connectivity index (χ0v) is 20.4. The van der Waals surface area contributed by atoms with E-state index in [1.807, 2.05) is 0 Å². The summed E-state index contributed by atoms with van der Waals surface area (Å²) in [6, 6.07) is 0. The van der Waals surface area contributed by atoms with Gasteiger partial charge in [0.25, 0.3) is 0 Å². The van der Waals surface area contributed by atoms with Crippen LogP contribution in [0.15, 0.2) is 0 Å². The summed E-state index contributed by atoms with van der Waals surface area (Å²) in [5, 5.41) is 0. The molecule has 1 rings (SSSR count). The summed E-state index contributed by atoms with van der Waals surface area (Å²) in [7, 11) is 0. The van der Waals surface area contributed by atoms with Crippen molar-refractivity contribution in [3.8, 4) is 0 Å². The number of hydrogen-bond acceptors (Lipinski definition) is 0. The van der Waals surface area contributed by atoms with Crippen LogP contribution < -0.4 is 0 Å². The van der Waals surface area contributed by atoms with Gasteiger partial charge in [-0.1, -0.05) is 120 Å². The molecule has 0 radical (unpaired) electrons. The van der Waals surface area contributed by atoms with Crippen molar-refractivity contribution in [3.63, 3.8) is 0 Å². The van der Waals surface area contributed by atoms with Gasteiger partial charge < -0.3 is 0 Å². The molecule has 0 heteroatoms. The van der Waals surface area contributed by atoms with Crippen LogP contribution in [0.5, 0.6) is 0 Å². The van der Waals surface area contributed by atoms with E-state index >= 15 is 0 Å². The van der Waals surface area contributed by atoms with Gasteiger partial charge >= 0.3 is 0 Å². The monoisotopic (exact) mass is 378 g/mol. The molecule has 0 spiro atoms. The first-order valence-corrected chi connectivity index (χ1v) is 12.8. The lowest BCUT2D eigenvalue weighted by Crippen LogP contribution is -2.33. The fraction of sp³-hybridized carbons (Fsp3) is 1.00. The first kappa shape index (κ1) is 25.0. The summed E-state index contributed by atoms with van der Waals surface area (Å²) in [4.78, 5) is 0. The van der Waals surface area contributed by atoms with Crippen LogP contribution in [-0.4, -0.2) is 0 Å². The van der Waals surface area contributed by atoms with Crippen molar-refractivity contribution in [2.75, 3.05) is 0 Å². The summed E-state index contributed by atoms with van der Waals surface area (Å²) in [6.07, 6.45) is 17.2. The van der Waals surface area contributed by atoms with Gasteiger partial charge in [-0.2, -0.15) is 0 Å². The van der Waals surface area contributed by atoms with Gasteiger partial charge in [0.15, 0.2) is 0 Å². The van der Waals surface area contributed by atoms with Gasteiger partial charge in [0.1, 0.15) is 0 Å². The molecule has 1 fully saturated rings. The van der Waals surface area contributed by atoms with E-state index in [1.165, 1.54) is 77.0 Å². The van der Waals surface area contributed by atoms with E-state index in [0.29, 0.717) is 5.41 Å². The Morgan fingerprint density at radius 1 is 0.889 bits per heavy atom. The molecule has 1 aliphatic rings. The van der Waals surface area contributed by atoms with Crippen molar-refractivity contribution in [1.82, 2.24) is 0 Å². The smallest absolute Gasteiger partial charge is 0.0323 e. The molecule has 27 heavy (non-hydrogen) atoms. The van der Waals surface area contributed by atoms with Crippen LogP contribution in [0.3, 0.4) is 0 Å². The molecular formula is C27H54. The third kappa shape index (κ3) is 7.74. The number of hydrogen-bond donors (Lipinski definition) is 0. The molecule has 0 aromatic carbocycles. The molecule has 0 nitrogen and oxygen atoms in total. The van der Waals surface area contributed by atoms with Gasteiger partial charge in [-0.25, -0.2) is 0 Å². The Hall–Kier alpha value is 0. The molecule has 0 saturated heterocycles. The molecule has 6 atom stereocenters. The lowest BCUT2D eigenvalue weighted by atomic mass is 9.63. The largest absolute Gasteiger partial charge is 0.0651 e. The second-order valence-corrected chi connectivity index (χ2v) is 10.9. The lowest BCUT2D eigenvalue weighted by Gasteiger charge is -2.42. The Labute approximate surface area is 173 Å². The van der Waals surface area contributed by atoms with Gasteiger partial charge in [-0.3, -0.25) is 0 Å². The second-order valence-electron chi connectivity index (χ2n) is 10.9. The van der Waals surface area contributed by atoms with Crippen LogP contribution in [0.1, 0.15) is 132 Å². The van der Waals surface area contributed by atoms with Gasteiger partial charge in [0.05, 0.1) is 0 Å². The van der Waals surface area contributed by atoms with Crippen LogP contribution in [0.4, 0.5) is 0 Å². The van der Waals surface area contributed by atoms with Gasteiger partial charge in [0.2, 0.25) is 0 Å². The van der Waals surface area contributed by atoms with Gasteiger partial charge in [-0.15, -0.1) is 0 Å². The maximum Gasteiger partial charge on any atom is -0.0323 e. The lowest BCUT2D eigenvalue weighted by molar-refractivity contribution is 0.0783. The van der Waals surface area contributed by atoms with Crippen molar-refractivity contribution >= 4 is 0 Å². The van der Waals surface area contributed by atoms with Crippen LogP contribution >= 0.6 is 0 Å². The zero-order chi connectivity index (χ0) is 20.4. The van der Waals surface area contributed by atoms with Crippen LogP contribution in [0, 0.1) is 40.9 Å². The summed E-state index contributed by atoms with van der Waals surface area (Å²) >= 11 is 0. The molecule has 0 bridgehead atoms. The van der Waals surface area contributed by atoms with Crippen molar-refractivity contribution in [1.29, 1.82) is 0 Å². The number of unbranched alkanes of at least 4 members (excludes halogenated alkanes) is 1. The minimum atomic E-state index is 0.507. The van der Waals surface area contributed by atoms with E-state index in [-0.39, 0.29) is 0 Å². The second kappa shape index (κ2) is 12.5. The predicted octanol–water partition coefficient (Wildman–Crippen LogP) is 9.52.